The summed E-state index contributed by atoms with van der Waals surface area (Å²) in [7, 11) is 0. The summed E-state index contributed by atoms with van der Waals surface area (Å²) in [6, 6.07) is 0. The van der Waals surface area contributed by atoms with E-state index in [9.17, 15) is 0 Å². The van der Waals surface area contributed by atoms with Crippen LogP contribution in [0.15, 0.2) is 12.4 Å². The number of hydrogen-bond acceptors (Lipinski definition) is 5. The summed E-state index contributed by atoms with van der Waals surface area (Å²) in [4.78, 5) is 10.9. The van der Waals surface area contributed by atoms with Crippen LogP contribution in [-0.4, -0.2) is 34.1 Å². The van der Waals surface area contributed by atoms with Gasteiger partial charge < -0.3 is 10.6 Å². The molecule has 0 aromatic carbocycles. The first-order chi connectivity index (χ1) is 7.29. The first kappa shape index (κ1) is 10.7. The van der Waals surface area contributed by atoms with Crippen LogP contribution in [0.25, 0.3) is 0 Å². The van der Waals surface area contributed by atoms with Gasteiger partial charge in [0, 0.05) is 36.8 Å². The number of aromatic nitrogens is 2. The zero-order valence-electron chi connectivity index (χ0n) is 8.89. The maximum Gasteiger partial charge on any atom is 0.147 e. The number of hydrogen-bond donors (Lipinski definition) is 1. The van der Waals surface area contributed by atoms with E-state index in [1.807, 2.05) is 18.0 Å². The van der Waals surface area contributed by atoms with E-state index in [1.54, 1.807) is 6.20 Å². The van der Waals surface area contributed by atoms with Crippen LogP contribution in [-0.2, 0) is 6.54 Å². The lowest BCUT2D eigenvalue weighted by molar-refractivity contribution is 0.761. The van der Waals surface area contributed by atoms with Crippen molar-refractivity contribution >= 4 is 17.6 Å². The molecule has 1 aromatic heterocycles. The van der Waals surface area contributed by atoms with Crippen molar-refractivity contribution < 1.29 is 0 Å². The van der Waals surface area contributed by atoms with Gasteiger partial charge in [-0.1, -0.05) is 6.92 Å². The summed E-state index contributed by atoms with van der Waals surface area (Å²) >= 11 is 2.01. The Kier molecular flexibility index (Phi) is 3.43. The molecule has 4 nitrogen and oxygen atoms in total. The van der Waals surface area contributed by atoms with E-state index in [1.165, 1.54) is 0 Å². The summed E-state index contributed by atoms with van der Waals surface area (Å²) in [5.74, 6) is 2.13. The van der Waals surface area contributed by atoms with Gasteiger partial charge in [-0.05, 0) is 0 Å². The van der Waals surface area contributed by atoms with Crippen LogP contribution in [0.4, 0.5) is 5.82 Å². The van der Waals surface area contributed by atoms with Gasteiger partial charge in [0.2, 0.25) is 0 Å². The van der Waals surface area contributed by atoms with Crippen LogP contribution in [0.2, 0.25) is 0 Å². The van der Waals surface area contributed by atoms with Gasteiger partial charge >= 0.3 is 0 Å². The third kappa shape index (κ3) is 2.60. The largest absolute Gasteiger partial charge is 0.353 e. The molecule has 0 bridgehead atoms. The molecule has 1 aliphatic heterocycles. The molecule has 15 heavy (non-hydrogen) atoms. The highest BCUT2D eigenvalue weighted by Crippen LogP contribution is 2.21. The Labute approximate surface area is 94.3 Å². The van der Waals surface area contributed by atoms with Gasteiger partial charge in [0.15, 0.2) is 0 Å². The lowest BCUT2D eigenvalue weighted by atomic mass is 10.3. The highest BCUT2D eigenvalue weighted by molar-refractivity contribution is 8.00. The van der Waals surface area contributed by atoms with E-state index in [0.717, 1.165) is 30.4 Å². The van der Waals surface area contributed by atoms with Gasteiger partial charge in [0.1, 0.15) is 5.82 Å². The Bertz CT molecular complexity index is 331. The van der Waals surface area contributed by atoms with Crippen molar-refractivity contribution in [2.24, 2.45) is 5.73 Å². The highest BCUT2D eigenvalue weighted by Gasteiger charge is 2.18. The topological polar surface area (TPSA) is 55.0 Å². The van der Waals surface area contributed by atoms with E-state index in [4.69, 9.17) is 5.73 Å². The average molecular weight is 224 g/mol. The molecule has 5 heteroatoms. The minimum atomic E-state index is 0.457. The first-order valence-electron chi connectivity index (χ1n) is 5.17. The predicted octanol–water partition coefficient (Wildman–Crippen LogP) is 0.877. The van der Waals surface area contributed by atoms with Gasteiger partial charge in [-0.3, -0.25) is 4.98 Å². The smallest absolute Gasteiger partial charge is 0.147 e. The molecule has 1 saturated heterocycles. The molecule has 1 aromatic rings. The molecule has 0 saturated carbocycles. The summed E-state index contributed by atoms with van der Waals surface area (Å²) in [6.07, 6.45) is 3.55. The van der Waals surface area contributed by atoms with Crippen LogP contribution in [0.5, 0.6) is 0 Å². The summed E-state index contributed by atoms with van der Waals surface area (Å²) < 4.78 is 0. The van der Waals surface area contributed by atoms with Crippen LogP contribution in [0.3, 0.4) is 0 Å². The van der Waals surface area contributed by atoms with Gasteiger partial charge in [-0.15, -0.1) is 0 Å². The van der Waals surface area contributed by atoms with Crippen LogP contribution in [0, 0.1) is 0 Å². The minimum Gasteiger partial charge on any atom is -0.353 e. The average Bonchev–Trinajstić information content (AvgIpc) is 2.29. The van der Waals surface area contributed by atoms with Gasteiger partial charge in [-0.2, -0.15) is 11.8 Å². The second-order valence-electron chi connectivity index (χ2n) is 3.70. The molecule has 1 aliphatic rings. The third-order valence-electron chi connectivity index (χ3n) is 2.45. The van der Waals surface area contributed by atoms with Crippen LogP contribution >= 0.6 is 11.8 Å². The molecule has 0 spiro atoms. The van der Waals surface area contributed by atoms with Gasteiger partial charge in [0.05, 0.1) is 11.9 Å². The van der Waals surface area contributed by atoms with Crippen molar-refractivity contribution in [2.45, 2.75) is 18.7 Å². The molecule has 82 valence electrons. The Hall–Kier alpha value is -0.810. The zero-order chi connectivity index (χ0) is 10.7. The number of thioether (sulfide) groups is 1. The summed E-state index contributed by atoms with van der Waals surface area (Å²) in [5, 5.41) is 0.669. The number of anilines is 1. The van der Waals surface area contributed by atoms with E-state index in [2.05, 4.69) is 21.8 Å². The van der Waals surface area contributed by atoms with Crippen LogP contribution in [0.1, 0.15) is 12.6 Å². The second-order valence-corrected chi connectivity index (χ2v) is 5.25. The third-order valence-corrected chi connectivity index (χ3v) is 3.58. The Morgan fingerprint density at radius 3 is 3.20 bits per heavy atom. The molecule has 2 rings (SSSR count). The molecule has 1 atom stereocenters. The van der Waals surface area contributed by atoms with Crippen molar-refractivity contribution in [2.75, 3.05) is 23.7 Å². The second kappa shape index (κ2) is 4.81. The molecule has 1 fully saturated rings. The van der Waals surface area contributed by atoms with Crippen molar-refractivity contribution in [1.82, 2.24) is 9.97 Å². The molecule has 0 radical (unpaired) electrons. The van der Waals surface area contributed by atoms with Crippen LogP contribution < -0.4 is 10.6 Å². The lowest BCUT2D eigenvalue weighted by Crippen LogP contribution is -2.37. The molecule has 2 N–H and O–H groups in total. The standard InChI is InChI=1S/C10H16N4S/c1-8-7-14(2-3-15-8)10-6-12-5-9(4-11)13-10/h5-6,8H,2-4,7,11H2,1H3. The molecular formula is C10H16N4S. The monoisotopic (exact) mass is 224 g/mol. The number of nitrogens with zero attached hydrogens (tertiary/aromatic N) is 3. The quantitative estimate of drug-likeness (QED) is 0.808. The first-order valence-corrected chi connectivity index (χ1v) is 6.22. The van der Waals surface area contributed by atoms with E-state index in [-0.39, 0.29) is 0 Å². The van der Waals surface area contributed by atoms with Gasteiger partial charge in [-0.25, -0.2) is 4.98 Å². The van der Waals surface area contributed by atoms with Crippen molar-refractivity contribution in [3.63, 3.8) is 0 Å². The molecule has 0 amide bonds. The van der Waals surface area contributed by atoms with E-state index < -0.39 is 0 Å². The lowest BCUT2D eigenvalue weighted by Gasteiger charge is -2.31. The normalized spacial score (nSPS) is 21.7. The molecular weight excluding hydrogens is 208 g/mol. The SMILES string of the molecule is CC1CN(c2cncc(CN)n2)CCS1. The Balaban J connectivity index is 2.13. The Morgan fingerprint density at radius 2 is 2.47 bits per heavy atom. The predicted molar refractivity (Wildman–Crippen MR) is 64.1 cm³/mol. The number of rotatable bonds is 2. The fourth-order valence-corrected chi connectivity index (χ4v) is 2.69. The van der Waals surface area contributed by atoms with Crippen molar-refractivity contribution in [1.29, 1.82) is 0 Å². The van der Waals surface area contributed by atoms with Crippen molar-refractivity contribution in [3.05, 3.63) is 18.1 Å². The zero-order valence-corrected chi connectivity index (χ0v) is 9.70. The summed E-state index contributed by atoms with van der Waals surface area (Å²) in [6.45, 7) is 4.81. The molecule has 2 heterocycles. The fraction of sp³-hybridized carbons (Fsp3) is 0.600. The Morgan fingerprint density at radius 1 is 1.60 bits per heavy atom. The summed E-state index contributed by atoms with van der Waals surface area (Å²) in [5.41, 5.74) is 6.41. The van der Waals surface area contributed by atoms with E-state index in [0.29, 0.717) is 11.8 Å². The fourth-order valence-electron chi connectivity index (χ4n) is 1.67. The van der Waals surface area contributed by atoms with Gasteiger partial charge in [0.25, 0.3) is 0 Å². The van der Waals surface area contributed by atoms with E-state index >= 15 is 0 Å². The molecule has 1 unspecified atom stereocenters. The van der Waals surface area contributed by atoms with Crippen molar-refractivity contribution in [3.8, 4) is 0 Å². The maximum absolute atomic E-state index is 5.55. The maximum atomic E-state index is 5.55. The minimum absolute atomic E-state index is 0.457. The number of nitrogens with two attached hydrogens (primary N) is 1. The highest BCUT2D eigenvalue weighted by atomic mass is 32.2. The molecule has 0 aliphatic carbocycles.